The maximum atomic E-state index is 6.25. The molecule has 1 aliphatic rings. The molecule has 0 radical (unpaired) electrons. The number of nitrogens with zero attached hydrogens (tertiary/aromatic N) is 2. The molecule has 1 heterocycles. The molecule has 3 heteroatoms. The normalized spacial score (nSPS) is 24.3. The van der Waals surface area contributed by atoms with Crippen LogP contribution in [0.4, 0.5) is 0 Å². The summed E-state index contributed by atoms with van der Waals surface area (Å²) >= 11 is 0. The first-order chi connectivity index (χ1) is 8.36. The Hall–Kier alpha value is -1.74. The minimum atomic E-state index is 0.0569. The van der Waals surface area contributed by atoms with Crippen molar-refractivity contribution in [2.75, 3.05) is 0 Å². The molecule has 2 N–H and O–H groups in total. The van der Waals surface area contributed by atoms with Gasteiger partial charge in [0.15, 0.2) is 0 Å². The van der Waals surface area contributed by atoms with Crippen molar-refractivity contribution in [2.24, 2.45) is 11.7 Å². The van der Waals surface area contributed by atoms with Crippen LogP contribution in [0.15, 0.2) is 49.1 Å². The second-order valence-electron chi connectivity index (χ2n) is 4.61. The van der Waals surface area contributed by atoms with Crippen LogP contribution in [0.25, 0.3) is 0 Å². The molecule has 1 fully saturated rings. The minimum absolute atomic E-state index is 0.0569. The second kappa shape index (κ2) is 4.26. The monoisotopic (exact) mass is 225 g/mol. The third-order valence-electron chi connectivity index (χ3n) is 3.49. The van der Waals surface area contributed by atoms with Crippen molar-refractivity contribution in [3.05, 3.63) is 60.2 Å². The number of benzene rings is 1. The number of hydrogen-bond acceptors (Lipinski definition) is 3. The first-order valence-electron chi connectivity index (χ1n) is 5.91. The Labute approximate surface area is 101 Å². The Balaban J connectivity index is 1.73. The summed E-state index contributed by atoms with van der Waals surface area (Å²) in [5.41, 5.74) is 8.68. The summed E-state index contributed by atoms with van der Waals surface area (Å²) < 4.78 is 0. The van der Waals surface area contributed by atoms with E-state index in [-0.39, 0.29) is 6.04 Å². The summed E-state index contributed by atoms with van der Waals surface area (Å²) in [5.74, 6) is 1.13. The fourth-order valence-electron chi connectivity index (χ4n) is 2.42. The van der Waals surface area contributed by atoms with Crippen LogP contribution < -0.4 is 5.73 Å². The molecule has 0 amide bonds. The van der Waals surface area contributed by atoms with Gasteiger partial charge in [-0.05, 0) is 23.8 Å². The smallest absolute Gasteiger partial charge is 0.115 e. The molecule has 3 nitrogen and oxygen atoms in total. The molecule has 0 bridgehead atoms. The Kier molecular flexibility index (Phi) is 2.61. The molecule has 1 aliphatic carbocycles. The summed E-state index contributed by atoms with van der Waals surface area (Å²) in [7, 11) is 0. The van der Waals surface area contributed by atoms with E-state index in [1.807, 2.05) is 18.5 Å². The summed E-state index contributed by atoms with van der Waals surface area (Å²) in [4.78, 5) is 8.05. The van der Waals surface area contributed by atoms with E-state index in [1.54, 1.807) is 0 Å². The van der Waals surface area contributed by atoms with Crippen molar-refractivity contribution in [3.8, 4) is 0 Å². The van der Waals surface area contributed by atoms with E-state index < -0.39 is 0 Å². The van der Waals surface area contributed by atoms with Crippen LogP contribution in [0.5, 0.6) is 0 Å². The predicted octanol–water partition coefficient (Wildman–Crippen LogP) is 2.28. The maximum absolute atomic E-state index is 6.25. The highest BCUT2D eigenvalue weighted by molar-refractivity contribution is 5.28. The highest BCUT2D eigenvalue weighted by Gasteiger charge is 2.42. The molecule has 1 aromatic heterocycles. The SMILES string of the molecule is NC(c1cncnc1)C1CC1c1ccccc1. The molecule has 1 aromatic carbocycles. The standard InChI is InChI=1S/C14H15N3/c15-14(11-7-16-9-17-8-11)13-6-12(13)10-4-2-1-3-5-10/h1-5,7-9,12-14H,6,15H2. The Morgan fingerprint density at radius 2 is 1.82 bits per heavy atom. The minimum Gasteiger partial charge on any atom is -0.324 e. The third kappa shape index (κ3) is 2.06. The summed E-state index contributed by atoms with van der Waals surface area (Å²) in [6, 6.07) is 10.6. The number of hydrogen-bond donors (Lipinski definition) is 1. The Morgan fingerprint density at radius 3 is 2.53 bits per heavy atom. The lowest BCUT2D eigenvalue weighted by Gasteiger charge is -2.10. The van der Waals surface area contributed by atoms with Crippen molar-refractivity contribution in [1.82, 2.24) is 9.97 Å². The zero-order chi connectivity index (χ0) is 11.7. The van der Waals surface area contributed by atoms with Crippen molar-refractivity contribution in [2.45, 2.75) is 18.4 Å². The zero-order valence-corrected chi connectivity index (χ0v) is 9.53. The molecule has 0 aliphatic heterocycles. The Morgan fingerprint density at radius 1 is 1.12 bits per heavy atom. The van der Waals surface area contributed by atoms with E-state index in [4.69, 9.17) is 5.73 Å². The van der Waals surface area contributed by atoms with E-state index in [9.17, 15) is 0 Å². The van der Waals surface area contributed by atoms with Crippen molar-refractivity contribution >= 4 is 0 Å². The molecule has 86 valence electrons. The molecule has 3 rings (SSSR count). The summed E-state index contributed by atoms with van der Waals surface area (Å²) in [5, 5.41) is 0. The van der Waals surface area contributed by atoms with Gasteiger partial charge in [-0.25, -0.2) is 9.97 Å². The van der Waals surface area contributed by atoms with Crippen molar-refractivity contribution < 1.29 is 0 Å². The fourth-order valence-corrected chi connectivity index (χ4v) is 2.42. The predicted molar refractivity (Wildman–Crippen MR) is 66.3 cm³/mol. The lowest BCUT2D eigenvalue weighted by atomic mass is 10.0. The van der Waals surface area contributed by atoms with E-state index >= 15 is 0 Å². The van der Waals surface area contributed by atoms with Crippen LogP contribution in [0.2, 0.25) is 0 Å². The molecule has 0 saturated heterocycles. The van der Waals surface area contributed by atoms with Gasteiger partial charge < -0.3 is 5.73 Å². The lowest BCUT2D eigenvalue weighted by molar-refractivity contribution is 0.610. The van der Waals surface area contributed by atoms with Gasteiger partial charge in [0.25, 0.3) is 0 Å². The molecule has 2 aromatic rings. The van der Waals surface area contributed by atoms with Gasteiger partial charge in [-0.15, -0.1) is 0 Å². The van der Waals surface area contributed by atoms with Gasteiger partial charge in [-0.3, -0.25) is 0 Å². The van der Waals surface area contributed by atoms with Gasteiger partial charge in [-0.2, -0.15) is 0 Å². The molecular weight excluding hydrogens is 210 g/mol. The number of rotatable bonds is 3. The highest BCUT2D eigenvalue weighted by Crippen LogP contribution is 2.52. The van der Waals surface area contributed by atoms with Crippen LogP contribution in [0, 0.1) is 5.92 Å². The van der Waals surface area contributed by atoms with Crippen LogP contribution in [-0.4, -0.2) is 9.97 Å². The molecule has 3 unspecified atom stereocenters. The number of aromatic nitrogens is 2. The van der Waals surface area contributed by atoms with Gasteiger partial charge in [0.1, 0.15) is 6.33 Å². The van der Waals surface area contributed by atoms with Gasteiger partial charge in [0.05, 0.1) is 0 Å². The summed E-state index contributed by atoms with van der Waals surface area (Å²) in [6.45, 7) is 0. The number of nitrogens with two attached hydrogens (primary N) is 1. The van der Waals surface area contributed by atoms with Crippen LogP contribution in [0.3, 0.4) is 0 Å². The molecule has 1 saturated carbocycles. The topological polar surface area (TPSA) is 51.8 Å². The molecule has 0 spiro atoms. The second-order valence-corrected chi connectivity index (χ2v) is 4.61. The van der Waals surface area contributed by atoms with E-state index in [2.05, 4.69) is 34.2 Å². The Bertz CT molecular complexity index is 483. The molecule has 3 atom stereocenters. The van der Waals surface area contributed by atoms with Crippen molar-refractivity contribution in [3.63, 3.8) is 0 Å². The quantitative estimate of drug-likeness (QED) is 0.871. The molecule has 17 heavy (non-hydrogen) atoms. The largest absolute Gasteiger partial charge is 0.324 e. The fraction of sp³-hybridized carbons (Fsp3) is 0.286. The van der Waals surface area contributed by atoms with E-state index in [0.29, 0.717) is 11.8 Å². The van der Waals surface area contributed by atoms with Gasteiger partial charge in [0, 0.05) is 24.0 Å². The van der Waals surface area contributed by atoms with Gasteiger partial charge in [0.2, 0.25) is 0 Å². The average Bonchev–Trinajstić information content (AvgIpc) is 3.20. The summed E-state index contributed by atoms with van der Waals surface area (Å²) in [6.07, 6.45) is 6.34. The first-order valence-corrected chi connectivity index (χ1v) is 5.91. The first kappa shape index (κ1) is 10.4. The highest BCUT2D eigenvalue weighted by atomic mass is 14.8. The molecular formula is C14H15N3. The van der Waals surface area contributed by atoms with Crippen LogP contribution in [0.1, 0.15) is 29.5 Å². The van der Waals surface area contributed by atoms with Gasteiger partial charge in [-0.1, -0.05) is 30.3 Å². The maximum Gasteiger partial charge on any atom is 0.115 e. The van der Waals surface area contributed by atoms with Gasteiger partial charge >= 0.3 is 0 Å². The van der Waals surface area contributed by atoms with E-state index in [1.165, 1.54) is 18.3 Å². The lowest BCUT2D eigenvalue weighted by Crippen LogP contribution is -2.14. The van der Waals surface area contributed by atoms with Crippen LogP contribution in [-0.2, 0) is 0 Å². The van der Waals surface area contributed by atoms with E-state index in [0.717, 1.165) is 5.56 Å². The zero-order valence-electron chi connectivity index (χ0n) is 9.53. The van der Waals surface area contributed by atoms with Crippen molar-refractivity contribution in [1.29, 1.82) is 0 Å². The van der Waals surface area contributed by atoms with Crippen LogP contribution >= 0.6 is 0 Å². The third-order valence-corrected chi connectivity index (χ3v) is 3.49. The average molecular weight is 225 g/mol.